The lowest BCUT2D eigenvalue weighted by Gasteiger charge is -2.33. The summed E-state index contributed by atoms with van der Waals surface area (Å²) < 4.78 is 7.29. The number of likely N-dealkylation sites (tertiary alicyclic amines) is 1. The first-order valence-electron chi connectivity index (χ1n) is 12.3. The second-order valence-corrected chi connectivity index (χ2v) is 10.1. The van der Waals surface area contributed by atoms with E-state index in [9.17, 15) is 4.79 Å². The van der Waals surface area contributed by atoms with Gasteiger partial charge in [-0.25, -0.2) is 4.98 Å². The van der Waals surface area contributed by atoms with Gasteiger partial charge in [-0.15, -0.1) is 0 Å². The molecular formula is C27H34N6O2. The monoisotopic (exact) mass is 474 g/mol. The molecule has 0 saturated carbocycles. The van der Waals surface area contributed by atoms with Gasteiger partial charge in [-0.05, 0) is 68.1 Å². The maximum Gasteiger partial charge on any atom is 0.236 e. The number of carbonyl (C=O) groups excluding carboxylic acids is 1. The van der Waals surface area contributed by atoms with Crippen LogP contribution in [0, 0.1) is 0 Å². The number of amides is 1. The average molecular weight is 475 g/mol. The Morgan fingerprint density at radius 1 is 1.20 bits per heavy atom. The molecule has 4 aromatic rings. The second kappa shape index (κ2) is 9.34. The Morgan fingerprint density at radius 3 is 2.66 bits per heavy atom. The number of pyridine rings is 1. The molecule has 0 bridgehead atoms. The van der Waals surface area contributed by atoms with Gasteiger partial charge in [0.1, 0.15) is 6.33 Å². The molecule has 5 rings (SSSR count). The normalized spacial score (nSPS) is 15.1. The minimum absolute atomic E-state index is 0.223. The predicted octanol–water partition coefficient (Wildman–Crippen LogP) is 4.28. The van der Waals surface area contributed by atoms with Gasteiger partial charge in [0, 0.05) is 35.6 Å². The lowest BCUT2D eigenvalue weighted by molar-refractivity contribution is -0.132. The number of aromatic nitrogens is 4. The minimum Gasteiger partial charge on any atom is -0.481 e. The highest BCUT2D eigenvalue weighted by Gasteiger charge is 2.25. The van der Waals surface area contributed by atoms with E-state index >= 15 is 0 Å². The fourth-order valence-corrected chi connectivity index (χ4v) is 5.33. The molecule has 1 fully saturated rings. The molecule has 8 heteroatoms. The number of hydrogen-bond donors (Lipinski definition) is 1. The van der Waals surface area contributed by atoms with Crippen LogP contribution in [0.4, 0.5) is 0 Å². The third-order valence-corrected chi connectivity index (χ3v) is 7.05. The van der Waals surface area contributed by atoms with Crippen LogP contribution in [0.15, 0.2) is 36.7 Å². The molecule has 0 atom stereocenters. The first-order valence-corrected chi connectivity index (χ1v) is 12.3. The number of nitrogens with zero attached hydrogens (tertiary/aromatic N) is 5. The van der Waals surface area contributed by atoms with Gasteiger partial charge < -0.3 is 19.5 Å². The fraction of sp³-hybridized carbons (Fsp3) is 0.444. The number of likely N-dealkylation sites (N-methyl/N-ethyl adjacent to an activating group) is 1. The number of nitrogens with one attached hydrogen (secondary N) is 1. The van der Waals surface area contributed by atoms with Crippen molar-refractivity contribution >= 4 is 22.5 Å². The van der Waals surface area contributed by atoms with Crippen LogP contribution in [0.2, 0.25) is 0 Å². The zero-order chi connectivity index (χ0) is 24.7. The van der Waals surface area contributed by atoms with Crippen molar-refractivity contribution in [2.45, 2.75) is 38.5 Å². The van der Waals surface area contributed by atoms with E-state index in [2.05, 4.69) is 47.1 Å². The van der Waals surface area contributed by atoms with Gasteiger partial charge in [0.2, 0.25) is 11.8 Å². The largest absolute Gasteiger partial charge is 0.481 e. The van der Waals surface area contributed by atoms with Crippen molar-refractivity contribution in [3.05, 3.63) is 47.8 Å². The van der Waals surface area contributed by atoms with Gasteiger partial charge in [0.15, 0.2) is 5.65 Å². The molecule has 1 N–H and O–H groups in total. The summed E-state index contributed by atoms with van der Waals surface area (Å²) in [5.41, 5.74) is 6.67. The van der Waals surface area contributed by atoms with Crippen LogP contribution in [0.1, 0.15) is 49.7 Å². The number of fused-ring (bicyclic) bond motifs is 2. The third kappa shape index (κ3) is 4.38. The van der Waals surface area contributed by atoms with E-state index in [-0.39, 0.29) is 5.91 Å². The van der Waals surface area contributed by atoms with Crippen LogP contribution in [0.3, 0.4) is 0 Å². The summed E-state index contributed by atoms with van der Waals surface area (Å²) in [5, 5.41) is 5.52. The van der Waals surface area contributed by atoms with Crippen molar-refractivity contribution in [2.24, 2.45) is 0 Å². The molecule has 0 aliphatic carbocycles. The molecule has 1 saturated heterocycles. The molecule has 184 valence electrons. The first-order chi connectivity index (χ1) is 16.9. The van der Waals surface area contributed by atoms with E-state index in [0.717, 1.165) is 48.4 Å². The van der Waals surface area contributed by atoms with E-state index in [1.54, 1.807) is 18.0 Å². The standard InChI is InChI=1S/C27H34N6O2/c1-17(2)26-21-12-19(18-8-10-32(11-9-18)24(34)15-31(3)4)6-7-22(21)30-27(26)20-13-23-28-16-29-33(23)25(14-20)35-5/h6-7,12-14,16-18,30H,8-11,15H2,1-5H3. The van der Waals surface area contributed by atoms with E-state index < -0.39 is 0 Å². The van der Waals surface area contributed by atoms with Gasteiger partial charge in [0.05, 0.1) is 19.3 Å². The van der Waals surface area contributed by atoms with Gasteiger partial charge in [-0.1, -0.05) is 19.9 Å². The molecule has 1 amide bonds. The maximum atomic E-state index is 12.5. The zero-order valence-corrected chi connectivity index (χ0v) is 21.2. The number of methoxy groups -OCH3 is 1. The topological polar surface area (TPSA) is 78.8 Å². The van der Waals surface area contributed by atoms with Gasteiger partial charge >= 0.3 is 0 Å². The van der Waals surface area contributed by atoms with E-state index in [1.807, 2.05) is 36.0 Å². The smallest absolute Gasteiger partial charge is 0.236 e. The Bertz CT molecular complexity index is 1360. The molecule has 1 aliphatic rings. The molecule has 0 radical (unpaired) electrons. The van der Waals surface area contributed by atoms with Crippen LogP contribution >= 0.6 is 0 Å². The van der Waals surface area contributed by atoms with Gasteiger partial charge in [-0.2, -0.15) is 9.61 Å². The molecule has 3 aromatic heterocycles. The highest BCUT2D eigenvalue weighted by atomic mass is 16.5. The SMILES string of the molecule is COc1cc(-c2[nH]c3ccc(C4CCN(C(=O)CN(C)C)CC4)cc3c2C(C)C)cc2ncnn12. The van der Waals surface area contributed by atoms with Crippen LogP contribution in [0.25, 0.3) is 27.8 Å². The molecular weight excluding hydrogens is 440 g/mol. The zero-order valence-electron chi connectivity index (χ0n) is 21.2. The summed E-state index contributed by atoms with van der Waals surface area (Å²) in [6.45, 7) is 6.60. The number of piperidine rings is 1. The highest BCUT2D eigenvalue weighted by Crippen LogP contribution is 2.39. The van der Waals surface area contributed by atoms with Gasteiger partial charge in [-0.3, -0.25) is 4.79 Å². The number of H-pyrrole nitrogens is 1. The molecule has 8 nitrogen and oxygen atoms in total. The Morgan fingerprint density at radius 2 is 1.97 bits per heavy atom. The van der Waals surface area contributed by atoms with Crippen molar-refractivity contribution in [1.82, 2.24) is 29.4 Å². The molecule has 0 unspecified atom stereocenters. The van der Waals surface area contributed by atoms with Crippen LogP contribution in [-0.4, -0.2) is 76.1 Å². The second-order valence-electron chi connectivity index (χ2n) is 10.1. The molecule has 1 aromatic carbocycles. The summed E-state index contributed by atoms with van der Waals surface area (Å²) in [4.78, 5) is 24.5. The Balaban J connectivity index is 1.48. The van der Waals surface area contributed by atoms with E-state index in [0.29, 0.717) is 24.3 Å². The van der Waals surface area contributed by atoms with Crippen LogP contribution in [-0.2, 0) is 4.79 Å². The lowest BCUT2D eigenvalue weighted by atomic mass is 9.87. The average Bonchev–Trinajstić information content (AvgIpc) is 3.47. The summed E-state index contributed by atoms with van der Waals surface area (Å²) in [7, 11) is 5.54. The fourth-order valence-electron chi connectivity index (χ4n) is 5.33. The summed E-state index contributed by atoms with van der Waals surface area (Å²) >= 11 is 0. The van der Waals surface area contributed by atoms with Gasteiger partial charge in [0.25, 0.3) is 0 Å². The Hall–Kier alpha value is -3.39. The Kier molecular flexibility index (Phi) is 6.23. The van der Waals surface area contributed by atoms with E-state index in [4.69, 9.17) is 4.74 Å². The number of hydrogen-bond acceptors (Lipinski definition) is 5. The lowest BCUT2D eigenvalue weighted by Crippen LogP contribution is -2.42. The number of rotatable bonds is 6. The highest BCUT2D eigenvalue weighted by molar-refractivity contribution is 5.92. The van der Waals surface area contributed by atoms with Crippen molar-refractivity contribution in [1.29, 1.82) is 0 Å². The number of ether oxygens (including phenoxy) is 1. The van der Waals surface area contributed by atoms with Crippen molar-refractivity contribution in [2.75, 3.05) is 40.8 Å². The van der Waals surface area contributed by atoms with Crippen LogP contribution < -0.4 is 4.74 Å². The molecule has 35 heavy (non-hydrogen) atoms. The number of benzene rings is 1. The summed E-state index contributed by atoms with van der Waals surface area (Å²) in [5.74, 6) is 1.68. The van der Waals surface area contributed by atoms with Crippen molar-refractivity contribution < 1.29 is 9.53 Å². The maximum absolute atomic E-state index is 12.5. The first kappa shape index (κ1) is 23.4. The summed E-state index contributed by atoms with van der Waals surface area (Å²) in [6.07, 6.45) is 3.54. The summed E-state index contributed by atoms with van der Waals surface area (Å²) in [6, 6.07) is 10.9. The Labute approximate surface area is 205 Å². The van der Waals surface area contributed by atoms with Crippen molar-refractivity contribution in [3.63, 3.8) is 0 Å². The number of carbonyl (C=O) groups is 1. The quantitative estimate of drug-likeness (QED) is 0.451. The number of aromatic amines is 1. The third-order valence-electron chi connectivity index (χ3n) is 7.05. The van der Waals surface area contributed by atoms with E-state index in [1.165, 1.54) is 16.5 Å². The molecule has 4 heterocycles. The van der Waals surface area contributed by atoms with Crippen LogP contribution in [0.5, 0.6) is 5.88 Å². The van der Waals surface area contributed by atoms with Crippen molar-refractivity contribution in [3.8, 4) is 17.1 Å². The molecule has 1 aliphatic heterocycles. The predicted molar refractivity (Wildman–Crippen MR) is 138 cm³/mol. The minimum atomic E-state index is 0.223. The molecule has 0 spiro atoms.